The van der Waals surface area contributed by atoms with Crippen molar-refractivity contribution in [3.63, 3.8) is 0 Å². The Morgan fingerprint density at radius 3 is 2.07 bits per heavy atom. The van der Waals surface area contributed by atoms with Crippen molar-refractivity contribution in [2.75, 3.05) is 13.1 Å². The second-order valence-electron chi connectivity index (χ2n) is 12.3. The highest BCUT2D eigenvalue weighted by atomic mass is 19.1. The minimum atomic E-state index is -0.509. The van der Waals surface area contributed by atoms with Gasteiger partial charge in [0, 0.05) is 60.3 Å². The Balaban J connectivity index is 1.35. The molecule has 0 unspecified atom stereocenters. The van der Waals surface area contributed by atoms with Crippen LogP contribution in [-0.2, 0) is 11.3 Å². The standard InChI is InChI=1S/C35H35F2N5O2/c1-35(2,3)44-34(43)41-19-14-23(15-20-41)16-21-42-22-29-30(24-4-8-27(36)9-5-24)31(25-12-17-38-18-13-25)32(39-33(29)40-42)26-6-10-28(37)11-7-26/h4-13,17-18,22-23H,14-16,19-21H2,1-3H3. The fourth-order valence-electron chi connectivity index (χ4n) is 5.78. The molecule has 5 aromatic rings. The van der Waals surface area contributed by atoms with Gasteiger partial charge in [0.2, 0.25) is 0 Å². The Kier molecular flexibility index (Phi) is 8.12. The lowest BCUT2D eigenvalue weighted by Gasteiger charge is -2.33. The minimum absolute atomic E-state index is 0.254. The number of aromatic nitrogens is 4. The molecule has 1 aliphatic heterocycles. The number of carbonyl (C=O) groups is 1. The zero-order chi connectivity index (χ0) is 30.8. The van der Waals surface area contributed by atoms with Gasteiger partial charge in [-0.1, -0.05) is 12.1 Å². The average Bonchev–Trinajstić information content (AvgIpc) is 3.43. The molecule has 9 heteroatoms. The summed E-state index contributed by atoms with van der Waals surface area (Å²) in [6.07, 6.45) is 7.91. The third kappa shape index (κ3) is 6.46. The fourth-order valence-corrected chi connectivity index (χ4v) is 5.78. The van der Waals surface area contributed by atoms with Gasteiger partial charge in [-0.25, -0.2) is 18.6 Å². The molecule has 0 N–H and O–H groups in total. The Hall–Kier alpha value is -4.66. The molecule has 0 aliphatic carbocycles. The second-order valence-corrected chi connectivity index (χ2v) is 12.3. The van der Waals surface area contributed by atoms with E-state index in [1.54, 1.807) is 41.6 Å². The SMILES string of the molecule is CC(C)(C)OC(=O)N1CCC(CCn2cc3c(-c4ccc(F)cc4)c(-c4ccncc4)c(-c4ccc(F)cc4)nc3n2)CC1. The molecule has 0 bridgehead atoms. The van der Waals surface area contributed by atoms with Crippen LogP contribution in [0.4, 0.5) is 13.6 Å². The number of benzene rings is 2. The molecule has 1 fully saturated rings. The summed E-state index contributed by atoms with van der Waals surface area (Å²) < 4.78 is 35.4. The van der Waals surface area contributed by atoms with E-state index in [9.17, 15) is 13.6 Å². The predicted octanol–water partition coefficient (Wildman–Crippen LogP) is 8.14. The first-order chi connectivity index (χ1) is 21.1. The molecule has 1 aliphatic rings. The number of carbonyl (C=O) groups excluding carboxylic acids is 1. The number of hydrogen-bond donors (Lipinski definition) is 0. The smallest absolute Gasteiger partial charge is 0.410 e. The zero-order valence-corrected chi connectivity index (χ0v) is 25.1. The number of piperidine rings is 1. The number of likely N-dealkylation sites (tertiary alicyclic amines) is 1. The number of pyridine rings is 2. The summed E-state index contributed by atoms with van der Waals surface area (Å²) in [5, 5.41) is 5.73. The van der Waals surface area contributed by atoms with Crippen molar-refractivity contribution >= 4 is 17.1 Å². The van der Waals surface area contributed by atoms with Crippen LogP contribution in [0, 0.1) is 17.6 Å². The molecule has 0 atom stereocenters. The maximum atomic E-state index is 14.0. The first-order valence-corrected chi connectivity index (χ1v) is 15.0. The summed E-state index contributed by atoms with van der Waals surface area (Å²) in [5.74, 6) is -0.204. The Morgan fingerprint density at radius 1 is 0.864 bits per heavy atom. The van der Waals surface area contributed by atoms with Crippen LogP contribution in [0.2, 0.25) is 0 Å². The van der Waals surface area contributed by atoms with Crippen molar-refractivity contribution < 1.29 is 18.3 Å². The average molecular weight is 596 g/mol. The lowest BCUT2D eigenvalue weighted by atomic mass is 9.90. The monoisotopic (exact) mass is 595 g/mol. The molecule has 226 valence electrons. The van der Waals surface area contributed by atoms with Gasteiger partial charge in [0.15, 0.2) is 5.65 Å². The maximum Gasteiger partial charge on any atom is 0.410 e. The molecule has 1 amide bonds. The number of rotatable bonds is 6. The summed E-state index contributed by atoms with van der Waals surface area (Å²) in [6, 6.07) is 16.5. The molecule has 4 heterocycles. The first-order valence-electron chi connectivity index (χ1n) is 15.0. The molecule has 7 nitrogen and oxygen atoms in total. The summed E-state index contributed by atoms with van der Waals surface area (Å²) in [4.78, 5) is 23.5. The van der Waals surface area contributed by atoms with E-state index in [1.807, 2.05) is 43.8 Å². The van der Waals surface area contributed by atoms with E-state index >= 15 is 0 Å². The van der Waals surface area contributed by atoms with E-state index in [0.29, 0.717) is 36.9 Å². The summed E-state index contributed by atoms with van der Waals surface area (Å²) in [5.41, 5.74) is 4.87. The molecule has 44 heavy (non-hydrogen) atoms. The van der Waals surface area contributed by atoms with Gasteiger partial charge in [-0.15, -0.1) is 0 Å². The van der Waals surface area contributed by atoms with Crippen LogP contribution in [-0.4, -0.2) is 49.4 Å². The number of hydrogen-bond acceptors (Lipinski definition) is 5. The van der Waals surface area contributed by atoms with Crippen molar-refractivity contribution in [3.8, 4) is 33.5 Å². The van der Waals surface area contributed by atoms with Crippen LogP contribution < -0.4 is 0 Å². The lowest BCUT2D eigenvalue weighted by molar-refractivity contribution is 0.0179. The van der Waals surface area contributed by atoms with E-state index < -0.39 is 5.60 Å². The van der Waals surface area contributed by atoms with E-state index in [-0.39, 0.29) is 17.7 Å². The molecule has 1 saturated heterocycles. The second kappa shape index (κ2) is 12.1. The molecule has 0 saturated carbocycles. The van der Waals surface area contributed by atoms with Gasteiger partial charge < -0.3 is 9.64 Å². The molecular formula is C35H35F2N5O2. The fraction of sp³-hybridized carbons (Fsp3) is 0.314. The molecule has 6 rings (SSSR count). The van der Waals surface area contributed by atoms with E-state index in [2.05, 4.69) is 4.98 Å². The van der Waals surface area contributed by atoms with E-state index in [1.165, 1.54) is 24.3 Å². The largest absolute Gasteiger partial charge is 0.444 e. The van der Waals surface area contributed by atoms with Crippen LogP contribution in [0.5, 0.6) is 0 Å². The normalized spacial score (nSPS) is 14.2. The number of halogens is 2. The topological polar surface area (TPSA) is 73.1 Å². The number of fused-ring (bicyclic) bond motifs is 1. The summed E-state index contributed by atoms with van der Waals surface area (Å²) in [7, 11) is 0. The third-order valence-corrected chi connectivity index (χ3v) is 7.97. The highest BCUT2D eigenvalue weighted by Gasteiger charge is 2.27. The third-order valence-electron chi connectivity index (χ3n) is 7.97. The lowest BCUT2D eigenvalue weighted by Crippen LogP contribution is -2.41. The highest BCUT2D eigenvalue weighted by Crippen LogP contribution is 2.43. The van der Waals surface area contributed by atoms with Crippen LogP contribution in [0.3, 0.4) is 0 Å². The maximum absolute atomic E-state index is 14.0. The number of ether oxygens (including phenoxy) is 1. The van der Waals surface area contributed by atoms with E-state index in [0.717, 1.165) is 52.5 Å². The number of nitrogens with zero attached hydrogens (tertiary/aromatic N) is 5. The van der Waals surface area contributed by atoms with Gasteiger partial charge in [0.25, 0.3) is 0 Å². The highest BCUT2D eigenvalue weighted by molar-refractivity contribution is 6.05. The molecule has 3 aromatic heterocycles. The molecule has 0 radical (unpaired) electrons. The van der Waals surface area contributed by atoms with Crippen molar-refractivity contribution in [1.82, 2.24) is 24.6 Å². The first kappa shape index (κ1) is 29.4. The summed E-state index contributed by atoms with van der Waals surface area (Å²) >= 11 is 0. The summed E-state index contributed by atoms with van der Waals surface area (Å²) in [6.45, 7) is 7.67. The van der Waals surface area contributed by atoms with Crippen LogP contribution in [0.15, 0.2) is 79.3 Å². The molecule has 2 aromatic carbocycles. The van der Waals surface area contributed by atoms with Gasteiger partial charge >= 0.3 is 6.09 Å². The van der Waals surface area contributed by atoms with E-state index in [4.69, 9.17) is 14.8 Å². The van der Waals surface area contributed by atoms with Crippen LogP contribution >= 0.6 is 0 Å². The van der Waals surface area contributed by atoms with Gasteiger partial charge in [-0.05, 0) is 106 Å². The minimum Gasteiger partial charge on any atom is -0.444 e. The Morgan fingerprint density at radius 2 is 1.45 bits per heavy atom. The van der Waals surface area contributed by atoms with Crippen molar-refractivity contribution in [3.05, 3.63) is 90.9 Å². The predicted molar refractivity (Wildman–Crippen MR) is 167 cm³/mol. The quantitative estimate of drug-likeness (QED) is 0.198. The Bertz CT molecular complexity index is 1760. The van der Waals surface area contributed by atoms with Crippen molar-refractivity contribution in [1.29, 1.82) is 0 Å². The molecular weight excluding hydrogens is 560 g/mol. The number of amides is 1. The number of aryl methyl sites for hydroxylation is 1. The van der Waals surface area contributed by atoms with Crippen LogP contribution in [0.25, 0.3) is 44.5 Å². The van der Waals surface area contributed by atoms with Crippen molar-refractivity contribution in [2.24, 2.45) is 5.92 Å². The van der Waals surface area contributed by atoms with Gasteiger partial charge in [-0.2, -0.15) is 5.10 Å². The zero-order valence-electron chi connectivity index (χ0n) is 25.1. The van der Waals surface area contributed by atoms with Crippen LogP contribution in [0.1, 0.15) is 40.0 Å². The van der Waals surface area contributed by atoms with Gasteiger partial charge in [0.05, 0.1) is 5.69 Å². The van der Waals surface area contributed by atoms with Crippen molar-refractivity contribution in [2.45, 2.75) is 52.2 Å². The van der Waals surface area contributed by atoms with Gasteiger partial charge in [0.1, 0.15) is 17.2 Å². The molecule has 0 spiro atoms. The van der Waals surface area contributed by atoms with Gasteiger partial charge in [-0.3, -0.25) is 9.67 Å². The Labute approximate surface area is 255 Å².